The maximum absolute atomic E-state index is 6.17. The molecular weight excluding hydrogens is 363 g/mol. The summed E-state index contributed by atoms with van der Waals surface area (Å²) in [5, 5.41) is 0. The largest absolute Gasteiger partial charge is 0.493 e. The Kier molecular flexibility index (Phi) is 4.16. The van der Waals surface area contributed by atoms with Crippen LogP contribution in [0.3, 0.4) is 0 Å². The predicted molar refractivity (Wildman–Crippen MR) is 89.6 cm³/mol. The number of fused-ring (bicyclic) bond motifs is 1. The number of benzene rings is 1. The molecule has 2 fully saturated rings. The van der Waals surface area contributed by atoms with Crippen molar-refractivity contribution in [3.8, 4) is 11.5 Å². The summed E-state index contributed by atoms with van der Waals surface area (Å²) in [6.45, 7) is 2.97. The second-order valence-electron chi connectivity index (χ2n) is 6.40. The minimum atomic E-state index is 0.484. The summed E-state index contributed by atoms with van der Waals surface area (Å²) >= 11 is 2.36. The molecule has 2 aliphatic carbocycles. The SMILES string of the molecule is COc1cc(C)c(I)cc1OCC12CCCCCC1C2. The van der Waals surface area contributed by atoms with E-state index < -0.39 is 0 Å². The number of hydrogen-bond donors (Lipinski definition) is 0. The Morgan fingerprint density at radius 2 is 2.10 bits per heavy atom. The van der Waals surface area contributed by atoms with E-state index in [0.29, 0.717) is 5.41 Å². The van der Waals surface area contributed by atoms with E-state index in [2.05, 4.69) is 41.6 Å². The monoisotopic (exact) mass is 386 g/mol. The first-order valence-corrected chi connectivity index (χ1v) is 8.69. The van der Waals surface area contributed by atoms with E-state index >= 15 is 0 Å². The van der Waals surface area contributed by atoms with E-state index in [-0.39, 0.29) is 0 Å². The normalized spacial score (nSPS) is 28.4. The lowest BCUT2D eigenvalue weighted by molar-refractivity contribution is 0.204. The Balaban J connectivity index is 1.71. The first kappa shape index (κ1) is 14.5. The fourth-order valence-corrected chi connectivity index (χ4v) is 4.01. The summed E-state index contributed by atoms with van der Waals surface area (Å²) in [5.74, 6) is 2.69. The standard InChI is InChI=1S/C17H23IO2/c1-12-8-15(19-2)16(9-14(12)18)20-11-17-7-5-3-4-6-13(17)10-17/h8-9,13H,3-7,10-11H2,1-2H3. The average Bonchev–Trinajstić information content (AvgIpc) is 3.14. The van der Waals surface area contributed by atoms with Gasteiger partial charge in [-0.25, -0.2) is 0 Å². The highest BCUT2D eigenvalue weighted by Gasteiger charge is 2.54. The quantitative estimate of drug-likeness (QED) is 0.682. The molecule has 1 aromatic carbocycles. The first-order valence-electron chi connectivity index (χ1n) is 7.61. The van der Waals surface area contributed by atoms with Crippen LogP contribution in [-0.4, -0.2) is 13.7 Å². The summed E-state index contributed by atoms with van der Waals surface area (Å²) in [6.07, 6.45) is 8.33. The fraction of sp³-hybridized carbons (Fsp3) is 0.647. The molecule has 3 rings (SSSR count). The average molecular weight is 386 g/mol. The van der Waals surface area contributed by atoms with Crippen molar-refractivity contribution in [2.75, 3.05) is 13.7 Å². The molecule has 0 heterocycles. The van der Waals surface area contributed by atoms with Gasteiger partial charge < -0.3 is 9.47 Å². The molecule has 0 spiro atoms. The van der Waals surface area contributed by atoms with Crippen LogP contribution in [0.25, 0.3) is 0 Å². The van der Waals surface area contributed by atoms with E-state index in [4.69, 9.17) is 9.47 Å². The summed E-state index contributed by atoms with van der Waals surface area (Å²) < 4.78 is 12.9. The Labute approximate surface area is 135 Å². The van der Waals surface area contributed by atoms with Gasteiger partial charge in [-0.15, -0.1) is 0 Å². The highest BCUT2D eigenvalue weighted by molar-refractivity contribution is 14.1. The van der Waals surface area contributed by atoms with Gasteiger partial charge in [0.25, 0.3) is 0 Å². The van der Waals surface area contributed by atoms with Crippen LogP contribution in [0.2, 0.25) is 0 Å². The van der Waals surface area contributed by atoms with E-state index in [1.165, 1.54) is 47.7 Å². The molecule has 0 bridgehead atoms. The zero-order valence-corrected chi connectivity index (χ0v) is 14.5. The lowest BCUT2D eigenvalue weighted by atomic mass is 9.99. The number of methoxy groups -OCH3 is 1. The molecule has 2 aliphatic rings. The van der Waals surface area contributed by atoms with Crippen LogP contribution in [0, 0.1) is 21.8 Å². The minimum Gasteiger partial charge on any atom is -0.493 e. The Hall–Kier alpha value is -0.450. The molecule has 0 aromatic heterocycles. The van der Waals surface area contributed by atoms with Gasteiger partial charge in [-0.3, -0.25) is 0 Å². The molecule has 1 aromatic rings. The second kappa shape index (κ2) is 5.74. The topological polar surface area (TPSA) is 18.5 Å². The molecule has 3 heteroatoms. The van der Waals surface area contributed by atoms with Crippen molar-refractivity contribution in [1.82, 2.24) is 0 Å². The molecule has 110 valence electrons. The third kappa shape index (κ3) is 2.78. The van der Waals surface area contributed by atoms with Gasteiger partial charge in [0.05, 0.1) is 13.7 Å². The third-order valence-corrected chi connectivity index (χ3v) is 6.21. The van der Waals surface area contributed by atoms with Crippen LogP contribution in [0.4, 0.5) is 0 Å². The predicted octanol–water partition coefficient (Wildman–Crippen LogP) is 4.96. The second-order valence-corrected chi connectivity index (χ2v) is 7.57. The van der Waals surface area contributed by atoms with Crippen LogP contribution in [-0.2, 0) is 0 Å². The first-order chi connectivity index (χ1) is 9.64. The number of halogens is 1. The van der Waals surface area contributed by atoms with Crippen LogP contribution < -0.4 is 9.47 Å². The molecule has 0 N–H and O–H groups in total. The molecule has 2 atom stereocenters. The minimum absolute atomic E-state index is 0.484. The maximum Gasteiger partial charge on any atom is 0.162 e. The van der Waals surface area contributed by atoms with Gasteiger partial charge in [0.15, 0.2) is 11.5 Å². The molecule has 0 radical (unpaired) electrons. The summed E-state index contributed by atoms with van der Waals surface area (Å²) in [5.41, 5.74) is 1.73. The molecule has 2 nitrogen and oxygen atoms in total. The van der Waals surface area contributed by atoms with E-state index in [1.807, 2.05) is 0 Å². The number of rotatable bonds is 4. The van der Waals surface area contributed by atoms with Crippen LogP contribution in [0.1, 0.15) is 44.1 Å². The van der Waals surface area contributed by atoms with Crippen molar-refractivity contribution in [3.63, 3.8) is 0 Å². The molecule has 0 saturated heterocycles. The Morgan fingerprint density at radius 1 is 1.25 bits per heavy atom. The van der Waals surface area contributed by atoms with Crippen LogP contribution in [0.15, 0.2) is 12.1 Å². The van der Waals surface area contributed by atoms with Crippen molar-refractivity contribution >= 4 is 22.6 Å². The van der Waals surface area contributed by atoms with Gasteiger partial charge >= 0.3 is 0 Å². The number of ether oxygens (including phenoxy) is 2. The van der Waals surface area contributed by atoms with Gasteiger partial charge in [-0.1, -0.05) is 19.3 Å². The van der Waals surface area contributed by atoms with E-state index in [1.54, 1.807) is 7.11 Å². The van der Waals surface area contributed by atoms with Gasteiger partial charge in [-0.2, -0.15) is 0 Å². The summed E-state index contributed by atoms with van der Waals surface area (Å²) in [7, 11) is 1.72. The van der Waals surface area contributed by atoms with Crippen LogP contribution in [0.5, 0.6) is 11.5 Å². The molecule has 0 amide bonds. The molecule has 0 aliphatic heterocycles. The Bertz CT molecular complexity index is 500. The van der Waals surface area contributed by atoms with Crippen molar-refractivity contribution in [3.05, 3.63) is 21.3 Å². The highest BCUT2D eigenvalue weighted by atomic mass is 127. The Morgan fingerprint density at radius 3 is 2.90 bits per heavy atom. The maximum atomic E-state index is 6.17. The van der Waals surface area contributed by atoms with Crippen molar-refractivity contribution in [1.29, 1.82) is 0 Å². The third-order valence-electron chi connectivity index (χ3n) is 5.05. The fourth-order valence-electron chi connectivity index (χ4n) is 3.57. The number of aryl methyl sites for hydroxylation is 1. The van der Waals surface area contributed by atoms with E-state index in [9.17, 15) is 0 Å². The van der Waals surface area contributed by atoms with Crippen molar-refractivity contribution in [2.24, 2.45) is 11.3 Å². The molecule has 2 saturated carbocycles. The van der Waals surface area contributed by atoms with Gasteiger partial charge in [0.2, 0.25) is 0 Å². The molecule has 20 heavy (non-hydrogen) atoms. The number of hydrogen-bond acceptors (Lipinski definition) is 2. The summed E-state index contributed by atoms with van der Waals surface area (Å²) in [6, 6.07) is 4.19. The molecule has 2 unspecified atom stereocenters. The van der Waals surface area contributed by atoms with Gasteiger partial charge in [-0.05, 0) is 72.4 Å². The van der Waals surface area contributed by atoms with E-state index in [0.717, 1.165) is 24.0 Å². The zero-order chi connectivity index (χ0) is 14.2. The summed E-state index contributed by atoms with van der Waals surface area (Å²) in [4.78, 5) is 0. The zero-order valence-electron chi connectivity index (χ0n) is 12.4. The lowest BCUT2D eigenvalue weighted by Gasteiger charge is -2.19. The van der Waals surface area contributed by atoms with Gasteiger partial charge in [0, 0.05) is 8.99 Å². The lowest BCUT2D eigenvalue weighted by Crippen LogP contribution is -2.15. The highest BCUT2D eigenvalue weighted by Crippen LogP contribution is 2.60. The van der Waals surface area contributed by atoms with Crippen molar-refractivity contribution < 1.29 is 9.47 Å². The molecular formula is C17H23IO2. The van der Waals surface area contributed by atoms with Crippen LogP contribution >= 0.6 is 22.6 Å². The smallest absolute Gasteiger partial charge is 0.162 e. The van der Waals surface area contributed by atoms with Crippen molar-refractivity contribution in [2.45, 2.75) is 45.4 Å². The van der Waals surface area contributed by atoms with Gasteiger partial charge in [0.1, 0.15) is 0 Å².